The number of nitrogens with one attached hydrogen (secondary N) is 1. The van der Waals surface area contributed by atoms with Gasteiger partial charge in [-0.15, -0.1) is 12.4 Å². The number of benzene rings is 1. The van der Waals surface area contributed by atoms with E-state index in [4.69, 9.17) is 5.73 Å². The van der Waals surface area contributed by atoms with E-state index in [-0.39, 0.29) is 24.2 Å². The fourth-order valence-electron chi connectivity index (χ4n) is 2.70. The largest absolute Gasteiger partial charge is 0.354 e. The lowest BCUT2D eigenvalue weighted by Crippen LogP contribution is -2.49. The highest BCUT2D eigenvalue weighted by Gasteiger charge is 2.30. The van der Waals surface area contributed by atoms with E-state index in [1.165, 1.54) is 6.42 Å². The van der Waals surface area contributed by atoms with Gasteiger partial charge in [0.05, 0.1) is 0 Å². The van der Waals surface area contributed by atoms with Gasteiger partial charge in [0.25, 0.3) is 0 Å². The lowest BCUT2D eigenvalue weighted by molar-refractivity contribution is -0.132. The summed E-state index contributed by atoms with van der Waals surface area (Å²) in [4.78, 5) is 26.3. The third-order valence-corrected chi connectivity index (χ3v) is 4.78. The minimum atomic E-state index is -1.12. The highest BCUT2D eigenvalue weighted by atomic mass is 79.9. The average Bonchev–Trinajstić information content (AvgIpc) is 2.55. The first-order chi connectivity index (χ1) is 10.9. The number of amides is 2. The molecule has 134 valence electrons. The molecule has 2 rings (SSSR count). The Hall–Kier alpha value is -1.11. The van der Waals surface area contributed by atoms with Crippen LogP contribution in [0, 0.1) is 0 Å². The maximum Gasteiger partial charge on any atom is 0.244 e. The second-order valence-electron chi connectivity index (χ2n) is 6.16. The molecule has 5 nitrogen and oxygen atoms in total. The molecular weight excluding hydrogens is 394 g/mol. The molecule has 0 bridgehead atoms. The van der Waals surface area contributed by atoms with Gasteiger partial charge < -0.3 is 16.0 Å². The number of likely N-dealkylation sites (tertiary alicyclic amines) is 1. The van der Waals surface area contributed by atoms with Crippen LogP contribution in [-0.2, 0) is 15.1 Å². The van der Waals surface area contributed by atoms with Crippen molar-refractivity contribution >= 4 is 40.2 Å². The fraction of sp³-hybridized carbons (Fsp3) is 0.529. The molecule has 1 atom stereocenters. The number of hydrogen-bond donors (Lipinski definition) is 2. The Morgan fingerprint density at radius 1 is 1.21 bits per heavy atom. The van der Waals surface area contributed by atoms with Crippen LogP contribution in [0.2, 0.25) is 0 Å². The molecule has 1 saturated heterocycles. The van der Waals surface area contributed by atoms with Crippen molar-refractivity contribution in [1.29, 1.82) is 0 Å². The Bertz CT molecular complexity index is 557. The molecule has 1 heterocycles. The molecule has 2 amide bonds. The van der Waals surface area contributed by atoms with Gasteiger partial charge >= 0.3 is 0 Å². The predicted molar refractivity (Wildman–Crippen MR) is 101 cm³/mol. The van der Waals surface area contributed by atoms with Crippen molar-refractivity contribution in [3.63, 3.8) is 0 Å². The fourth-order valence-corrected chi connectivity index (χ4v) is 2.96. The van der Waals surface area contributed by atoms with E-state index in [0.717, 1.165) is 36.0 Å². The van der Waals surface area contributed by atoms with Crippen LogP contribution in [0.4, 0.5) is 0 Å². The van der Waals surface area contributed by atoms with Crippen molar-refractivity contribution in [2.75, 3.05) is 19.6 Å². The second-order valence-corrected chi connectivity index (χ2v) is 7.07. The molecule has 7 heteroatoms. The van der Waals surface area contributed by atoms with Crippen LogP contribution in [-0.4, -0.2) is 36.3 Å². The lowest BCUT2D eigenvalue weighted by atomic mass is 9.92. The summed E-state index contributed by atoms with van der Waals surface area (Å²) in [5.41, 5.74) is 5.79. The number of carbonyl (C=O) groups is 2. The normalized spacial score (nSPS) is 16.7. The molecule has 0 aliphatic carbocycles. The van der Waals surface area contributed by atoms with Gasteiger partial charge in [-0.3, -0.25) is 9.59 Å². The van der Waals surface area contributed by atoms with Crippen molar-refractivity contribution in [1.82, 2.24) is 10.2 Å². The van der Waals surface area contributed by atoms with E-state index in [1.54, 1.807) is 6.92 Å². The molecule has 1 unspecified atom stereocenters. The van der Waals surface area contributed by atoms with Gasteiger partial charge in [-0.05, 0) is 43.9 Å². The van der Waals surface area contributed by atoms with E-state index in [0.29, 0.717) is 13.0 Å². The van der Waals surface area contributed by atoms with Crippen molar-refractivity contribution in [3.8, 4) is 0 Å². The number of piperidine rings is 1. The molecule has 1 aliphatic heterocycles. The molecule has 1 aliphatic rings. The second kappa shape index (κ2) is 9.39. The molecule has 1 aromatic rings. The first kappa shape index (κ1) is 20.9. The van der Waals surface area contributed by atoms with Gasteiger partial charge in [0.2, 0.25) is 11.8 Å². The van der Waals surface area contributed by atoms with Crippen LogP contribution < -0.4 is 11.1 Å². The number of nitrogens with two attached hydrogens (primary N) is 1. The smallest absolute Gasteiger partial charge is 0.244 e. The summed E-state index contributed by atoms with van der Waals surface area (Å²) in [5.74, 6) is -0.168. The Balaban J connectivity index is 0.00000288. The van der Waals surface area contributed by atoms with Crippen LogP contribution in [0.25, 0.3) is 0 Å². The summed E-state index contributed by atoms with van der Waals surface area (Å²) in [5, 5.41) is 2.78. The highest BCUT2D eigenvalue weighted by molar-refractivity contribution is 9.10. The van der Waals surface area contributed by atoms with Crippen LogP contribution in [0.15, 0.2) is 28.7 Å². The molecule has 1 aromatic carbocycles. The maximum absolute atomic E-state index is 12.3. The Morgan fingerprint density at radius 3 is 2.38 bits per heavy atom. The first-order valence-corrected chi connectivity index (χ1v) is 8.81. The van der Waals surface area contributed by atoms with E-state index < -0.39 is 5.54 Å². The number of hydrogen-bond acceptors (Lipinski definition) is 3. The number of nitrogens with zero attached hydrogens (tertiary/aromatic N) is 1. The molecule has 3 N–H and O–H groups in total. The Kier molecular flexibility index (Phi) is 8.19. The summed E-state index contributed by atoms with van der Waals surface area (Å²) < 4.78 is 0.935. The topological polar surface area (TPSA) is 75.4 Å². The highest BCUT2D eigenvalue weighted by Crippen LogP contribution is 2.20. The summed E-state index contributed by atoms with van der Waals surface area (Å²) in [6.45, 7) is 3.66. The SMILES string of the molecule is CC(N)(C(=O)NCCC(=O)N1CCCCC1)c1ccc(Br)cc1.Cl. The van der Waals surface area contributed by atoms with Crippen molar-refractivity contribution in [3.05, 3.63) is 34.3 Å². The molecule has 0 aromatic heterocycles. The summed E-state index contributed by atoms with van der Waals surface area (Å²) >= 11 is 3.36. The van der Waals surface area contributed by atoms with Gasteiger partial charge in [-0.2, -0.15) is 0 Å². The number of rotatable bonds is 5. The van der Waals surface area contributed by atoms with E-state index >= 15 is 0 Å². The van der Waals surface area contributed by atoms with Gasteiger partial charge in [-0.1, -0.05) is 28.1 Å². The zero-order valence-corrected chi connectivity index (χ0v) is 16.3. The summed E-state index contributed by atoms with van der Waals surface area (Å²) in [7, 11) is 0. The zero-order chi connectivity index (χ0) is 16.9. The van der Waals surface area contributed by atoms with Crippen LogP contribution >= 0.6 is 28.3 Å². The minimum absolute atomic E-state index is 0. The van der Waals surface area contributed by atoms with Crippen LogP contribution in [0.5, 0.6) is 0 Å². The van der Waals surface area contributed by atoms with Gasteiger partial charge in [0.1, 0.15) is 5.54 Å². The predicted octanol–water partition coefficient (Wildman–Crippen LogP) is 2.56. The zero-order valence-electron chi connectivity index (χ0n) is 13.9. The van der Waals surface area contributed by atoms with Crippen LogP contribution in [0.1, 0.15) is 38.2 Å². The minimum Gasteiger partial charge on any atom is -0.354 e. The number of carbonyl (C=O) groups excluding carboxylic acids is 2. The van der Waals surface area contributed by atoms with E-state index in [1.807, 2.05) is 29.2 Å². The number of halogens is 2. The van der Waals surface area contributed by atoms with Gasteiger partial charge in [0, 0.05) is 30.5 Å². The van der Waals surface area contributed by atoms with Crippen molar-refractivity contribution in [2.45, 2.75) is 38.1 Å². The average molecular weight is 419 g/mol. The van der Waals surface area contributed by atoms with Gasteiger partial charge in [-0.25, -0.2) is 0 Å². The molecule has 24 heavy (non-hydrogen) atoms. The molecule has 0 spiro atoms. The quantitative estimate of drug-likeness (QED) is 0.771. The molecule has 0 saturated carbocycles. The van der Waals surface area contributed by atoms with Gasteiger partial charge in [0.15, 0.2) is 0 Å². The third kappa shape index (κ3) is 5.46. The van der Waals surface area contributed by atoms with Crippen molar-refractivity contribution < 1.29 is 9.59 Å². The lowest BCUT2D eigenvalue weighted by Gasteiger charge is -2.27. The molecule has 1 fully saturated rings. The third-order valence-electron chi connectivity index (χ3n) is 4.25. The Labute approximate surface area is 157 Å². The molecule has 0 radical (unpaired) electrons. The first-order valence-electron chi connectivity index (χ1n) is 8.02. The summed E-state index contributed by atoms with van der Waals surface area (Å²) in [6, 6.07) is 7.35. The van der Waals surface area contributed by atoms with E-state index in [2.05, 4.69) is 21.2 Å². The monoisotopic (exact) mass is 417 g/mol. The van der Waals surface area contributed by atoms with Crippen LogP contribution in [0.3, 0.4) is 0 Å². The summed E-state index contributed by atoms with van der Waals surface area (Å²) in [6.07, 6.45) is 3.66. The van der Waals surface area contributed by atoms with Crippen molar-refractivity contribution in [2.24, 2.45) is 5.73 Å². The Morgan fingerprint density at radius 2 is 1.79 bits per heavy atom. The maximum atomic E-state index is 12.3. The standard InChI is InChI=1S/C17H24BrN3O2.ClH/c1-17(19,13-5-7-14(18)8-6-13)16(23)20-10-9-15(22)21-11-3-2-4-12-21;/h5-8H,2-4,9-12,19H2,1H3,(H,20,23);1H. The molecular formula is C17H25BrClN3O2. The van der Waals surface area contributed by atoms with E-state index in [9.17, 15) is 9.59 Å².